The highest BCUT2D eigenvalue weighted by atomic mass is 16.6. The van der Waals surface area contributed by atoms with Crippen LogP contribution in [0.2, 0.25) is 0 Å². The van der Waals surface area contributed by atoms with Crippen molar-refractivity contribution >= 4 is 11.8 Å². The topological polar surface area (TPSA) is 55.9 Å². The minimum Gasteiger partial charge on any atom is -0.462 e. The lowest BCUT2D eigenvalue weighted by molar-refractivity contribution is -0.159. The molecule has 4 nitrogen and oxygen atoms in total. The van der Waals surface area contributed by atoms with E-state index < -0.39 is 0 Å². The fourth-order valence-electron chi connectivity index (χ4n) is 9.15. The standard InChI is InChI=1S/C24H36O4/c1-13-10-19(14(2)25)22(4)8-7-18-17(21(13)22)11-20-24(28-20)12-16(27-15(3)26)6-9-23(18,24)5/h13,16-21H,6-12H2,1-5H3/t13-,16-,17-,18-,19-,20+,21-,22-,23+,24+/m1/s1. The molecule has 10 atom stereocenters. The molecule has 0 aromatic heterocycles. The Morgan fingerprint density at radius 2 is 1.82 bits per heavy atom. The van der Waals surface area contributed by atoms with E-state index in [9.17, 15) is 9.59 Å². The second-order valence-corrected chi connectivity index (χ2v) is 11.3. The van der Waals surface area contributed by atoms with E-state index in [4.69, 9.17) is 9.47 Å². The van der Waals surface area contributed by atoms with E-state index in [2.05, 4.69) is 20.8 Å². The molecule has 1 saturated heterocycles. The molecule has 0 unspecified atom stereocenters. The average Bonchev–Trinajstić information content (AvgIpc) is 3.21. The molecule has 4 aliphatic carbocycles. The Balaban J connectivity index is 1.45. The Labute approximate surface area is 169 Å². The first kappa shape index (κ1) is 19.1. The molecule has 28 heavy (non-hydrogen) atoms. The fraction of sp³-hybridized carbons (Fsp3) is 0.917. The molecule has 0 aromatic rings. The molecule has 0 radical (unpaired) electrons. The number of rotatable bonds is 2. The van der Waals surface area contributed by atoms with Crippen molar-refractivity contribution in [1.29, 1.82) is 0 Å². The van der Waals surface area contributed by atoms with Crippen molar-refractivity contribution in [2.75, 3.05) is 0 Å². The Kier molecular flexibility index (Phi) is 3.98. The number of esters is 1. The summed E-state index contributed by atoms with van der Waals surface area (Å²) in [5.41, 5.74) is 0.293. The molecule has 5 fully saturated rings. The van der Waals surface area contributed by atoms with Crippen molar-refractivity contribution in [3.8, 4) is 0 Å². The van der Waals surface area contributed by atoms with Crippen LogP contribution < -0.4 is 0 Å². The van der Waals surface area contributed by atoms with Gasteiger partial charge in [-0.1, -0.05) is 20.8 Å². The summed E-state index contributed by atoms with van der Waals surface area (Å²) in [7, 11) is 0. The summed E-state index contributed by atoms with van der Waals surface area (Å²) in [5, 5.41) is 0. The molecule has 5 aliphatic rings. The SMILES string of the molecule is CC(=O)O[C@@H]1CC[C@@]2(C)[C@@H]3CC[C@@]4(C)[C@@H]([C@@H]3C[C@@H]3O[C@@]32C1)[C@H](C)C[C@@H]4C(C)=O. The van der Waals surface area contributed by atoms with Crippen LogP contribution in [0.4, 0.5) is 0 Å². The Morgan fingerprint density at radius 3 is 2.50 bits per heavy atom. The summed E-state index contributed by atoms with van der Waals surface area (Å²) >= 11 is 0. The Bertz CT molecular complexity index is 717. The van der Waals surface area contributed by atoms with Crippen molar-refractivity contribution in [3.63, 3.8) is 0 Å². The van der Waals surface area contributed by atoms with Gasteiger partial charge in [0.15, 0.2) is 0 Å². The average molecular weight is 389 g/mol. The minimum atomic E-state index is -0.167. The van der Waals surface area contributed by atoms with E-state index in [1.807, 2.05) is 6.92 Å². The number of epoxide rings is 1. The lowest BCUT2D eigenvalue weighted by Crippen LogP contribution is -2.59. The molecule has 4 heteroatoms. The van der Waals surface area contributed by atoms with Gasteiger partial charge in [0.05, 0.1) is 6.10 Å². The highest BCUT2D eigenvalue weighted by molar-refractivity contribution is 5.79. The molecule has 1 heterocycles. The molecule has 156 valence electrons. The first-order valence-electron chi connectivity index (χ1n) is 11.5. The Morgan fingerprint density at radius 1 is 1.07 bits per heavy atom. The van der Waals surface area contributed by atoms with Crippen LogP contribution in [-0.4, -0.2) is 29.6 Å². The van der Waals surface area contributed by atoms with Gasteiger partial charge in [0.25, 0.3) is 0 Å². The molecule has 0 aromatic carbocycles. The van der Waals surface area contributed by atoms with Gasteiger partial charge in [0.1, 0.15) is 17.5 Å². The largest absolute Gasteiger partial charge is 0.462 e. The van der Waals surface area contributed by atoms with Gasteiger partial charge in [0.2, 0.25) is 0 Å². The van der Waals surface area contributed by atoms with Crippen molar-refractivity contribution in [3.05, 3.63) is 0 Å². The summed E-state index contributed by atoms with van der Waals surface area (Å²) in [6.07, 6.45) is 7.89. The Hall–Kier alpha value is -0.900. The van der Waals surface area contributed by atoms with Crippen LogP contribution >= 0.6 is 0 Å². The zero-order valence-corrected chi connectivity index (χ0v) is 18.1. The normalized spacial score (nSPS) is 56.7. The van der Waals surface area contributed by atoms with Crippen LogP contribution in [0, 0.1) is 40.4 Å². The third-order valence-electron chi connectivity index (χ3n) is 10.2. The molecular formula is C24H36O4. The molecule has 1 aliphatic heterocycles. The molecule has 0 bridgehead atoms. The number of fused-ring (bicyclic) bond motifs is 4. The second kappa shape index (κ2) is 5.83. The fourth-order valence-corrected chi connectivity index (χ4v) is 9.15. The van der Waals surface area contributed by atoms with E-state index in [0.717, 1.165) is 32.1 Å². The van der Waals surface area contributed by atoms with Gasteiger partial charge in [-0.3, -0.25) is 9.59 Å². The maximum Gasteiger partial charge on any atom is 0.302 e. The van der Waals surface area contributed by atoms with Gasteiger partial charge < -0.3 is 9.47 Å². The zero-order valence-electron chi connectivity index (χ0n) is 18.1. The highest BCUT2D eigenvalue weighted by Crippen LogP contribution is 2.74. The predicted molar refractivity (Wildman–Crippen MR) is 105 cm³/mol. The smallest absolute Gasteiger partial charge is 0.302 e. The van der Waals surface area contributed by atoms with Gasteiger partial charge in [-0.25, -0.2) is 0 Å². The number of hydrogen-bond acceptors (Lipinski definition) is 4. The van der Waals surface area contributed by atoms with Gasteiger partial charge in [0, 0.05) is 24.7 Å². The molecular weight excluding hydrogens is 352 g/mol. The van der Waals surface area contributed by atoms with Crippen molar-refractivity contribution in [1.82, 2.24) is 0 Å². The summed E-state index contributed by atoms with van der Waals surface area (Å²) in [6, 6.07) is 0. The summed E-state index contributed by atoms with van der Waals surface area (Å²) in [4.78, 5) is 23.9. The van der Waals surface area contributed by atoms with Crippen LogP contribution in [0.5, 0.6) is 0 Å². The first-order chi connectivity index (χ1) is 13.1. The van der Waals surface area contributed by atoms with Crippen molar-refractivity contribution in [2.24, 2.45) is 40.4 Å². The molecule has 4 saturated carbocycles. The second-order valence-electron chi connectivity index (χ2n) is 11.3. The number of Topliss-reactive ketones (excluding diaryl/α,β-unsaturated/α-hetero) is 1. The van der Waals surface area contributed by atoms with E-state index in [0.29, 0.717) is 35.6 Å². The molecule has 1 spiro atoms. The van der Waals surface area contributed by atoms with Crippen molar-refractivity contribution in [2.45, 2.75) is 97.4 Å². The van der Waals surface area contributed by atoms with Crippen LogP contribution in [0.25, 0.3) is 0 Å². The number of carbonyl (C=O) groups is 2. The molecule has 0 amide bonds. The lowest BCUT2D eigenvalue weighted by atomic mass is 9.44. The molecule has 0 N–H and O–H groups in total. The summed E-state index contributed by atoms with van der Waals surface area (Å²) in [6.45, 7) is 10.6. The van der Waals surface area contributed by atoms with Gasteiger partial charge in [-0.15, -0.1) is 0 Å². The van der Waals surface area contributed by atoms with Gasteiger partial charge in [-0.2, -0.15) is 0 Å². The zero-order chi connectivity index (χ0) is 20.1. The van der Waals surface area contributed by atoms with E-state index in [-0.39, 0.29) is 34.4 Å². The number of ether oxygens (including phenoxy) is 2. The number of ketones is 1. The summed E-state index contributed by atoms with van der Waals surface area (Å²) < 4.78 is 12.1. The first-order valence-corrected chi connectivity index (χ1v) is 11.5. The lowest BCUT2D eigenvalue weighted by Gasteiger charge is -2.59. The van der Waals surface area contributed by atoms with Crippen LogP contribution in [-0.2, 0) is 19.1 Å². The third kappa shape index (κ3) is 2.27. The van der Waals surface area contributed by atoms with Crippen LogP contribution in [0.15, 0.2) is 0 Å². The maximum absolute atomic E-state index is 12.4. The molecule has 5 rings (SSSR count). The quantitative estimate of drug-likeness (QED) is 0.515. The van der Waals surface area contributed by atoms with E-state index in [1.54, 1.807) is 0 Å². The maximum atomic E-state index is 12.4. The highest BCUT2D eigenvalue weighted by Gasteiger charge is 2.76. The third-order valence-corrected chi connectivity index (χ3v) is 10.2. The predicted octanol–water partition coefficient (Wildman–Crippen LogP) is 4.54. The van der Waals surface area contributed by atoms with Crippen molar-refractivity contribution < 1.29 is 19.1 Å². The van der Waals surface area contributed by atoms with Gasteiger partial charge >= 0.3 is 5.97 Å². The van der Waals surface area contributed by atoms with Crippen LogP contribution in [0.3, 0.4) is 0 Å². The van der Waals surface area contributed by atoms with E-state index in [1.165, 1.54) is 19.8 Å². The van der Waals surface area contributed by atoms with Crippen LogP contribution in [0.1, 0.15) is 79.6 Å². The van der Waals surface area contributed by atoms with E-state index >= 15 is 0 Å². The monoisotopic (exact) mass is 388 g/mol. The number of hydrogen-bond donors (Lipinski definition) is 0. The summed E-state index contributed by atoms with van der Waals surface area (Å²) in [5.74, 6) is 3.09. The van der Waals surface area contributed by atoms with Gasteiger partial charge in [-0.05, 0) is 74.5 Å². The number of carbonyl (C=O) groups excluding carboxylic acids is 2. The minimum absolute atomic E-state index is 0.0217.